The first kappa shape index (κ1) is 10.5. The average Bonchev–Trinajstić information content (AvgIpc) is 2.48. The zero-order valence-corrected chi connectivity index (χ0v) is 8.97. The third-order valence-corrected chi connectivity index (χ3v) is 3.50. The van der Waals surface area contributed by atoms with Gasteiger partial charge in [-0.05, 0) is 37.2 Å². The lowest BCUT2D eigenvalue weighted by Crippen LogP contribution is -2.23. The van der Waals surface area contributed by atoms with Crippen LogP contribution in [-0.4, -0.2) is 5.78 Å². The van der Waals surface area contributed by atoms with Crippen LogP contribution < -0.4 is 0 Å². The highest BCUT2D eigenvalue weighted by atomic mass is 16.1. The fourth-order valence-corrected chi connectivity index (χ4v) is 2.33. The number of hydrogen-bond acceptors (Lipinski definition) is 1. The lowest BCUT2D eigenvalue weighted by atomic mass is 9.81. The Kier molecular flexibility index (Phi) is 2.94. The zero-order chi connectivity index (χ0) is 10.1. The molecule has 0 aliphatic heterocycles. The molecular weight excluding hydrogens is 160 g/mol. The Morgan fingerprint density at radius 2 is 2.23 bits per heavy atom. The summed E-state index contributed by atoms with van der Waals surface area (Å²) in [4.78, 5) is 11.6. The van der Waals surface area contributed by atoms with E-state index in [9.17, 15) is 4.79 Å². The molecule has 1 saturated carbocycles. The fraction of sp³-hybridized carbons (Fsp3) is 0.750. The van der Waals surface area contributed by atoms with Gasteiger partial charge < -0.3 is 0 Å². The molecule has 0 aromatic rings. The van der Waals surface area contributed by atoms with E-state index in [0.29, 0.717) is 5.92 Å². The first-order chi connectivity index (χ1) is 5.99. The summed E-state index contributed by atoms with van der Waals surface area (Å²) in [7, 11) is 0. The molecule has 2 atom stereocenters. The zero-order valence-electron chi connectivity index (χ0n) is 8.97. The van der Waals surface area contributed by atoms with E-state index in [1.165, 1.54) is 12.5 Å². The second-order valence-electron chi connectivity index (χ2n) is 4.88. The summed E-state index contributed by atoms with van der Waals surface area (Å²) in [5.74, 6) is 1.67. The van der Waals surface area contributed by atoms with Crippen LogP contribution in [0.1, 0.15) is 40.0 Å². The first-order valence-corrected chi connectivity index (χ1v) is 5.16. The fourth-order valence-electron chi connectivity index (χ4n) is 2.33. The highest BCUT2D eigenvalue weighted by Gasteiger charge is 2.40. The SMILES string of the molecule is C=CC(=O)[C@]1(C)CC[C@H](C(C)C)C1. The largest absolute Gasteiger partial charge is 0.294 e. The minimum Gasteiger partial charge on any atom is -0.294 e. The van der Waals surface area contributed by atoms with Gasteiger partial charge in [0.15, 0.2) is 5.78 Å². The van der Waals surface area contributed by atoms with Crippen molar-refractivity contribution >= 4 is 5.78 Å². The maximum atomic E-state index is 11.6. The molecule has 0 heterocycles. The van der Waals surface area contributed by atoms with Gasteiger partial charge in [0.25, 0.3) is 0 Å². The van der Waals surface area contributed by atoms with Crippen molar-refractivity contribution in [2.75, 3.05) is 0 Å². The smallest absolute Gasteiger partial charge is 0.160 e. The molecule has 74 valence electrons. The van der Waals surface area contributed by atoms with Gasteiger partial charge in [-0.1, -0.05) is 27.4 Å². The van der Waals surface area contributed by atoms with Gasteiger partial charge in [-0.2, -0.15) is 0 Å². The van der Waals surface area contributed by atoms with Crippen LogP contribution in [0, 0.1) is 17.3 Å². The van der Waals surface area contributed by atoms with Gasteiger partial charge in [-0.15, -0.1) is 0 Å². The number of allylic oxidation sites excluding steroid dienone is 1. The molecule has 0 amide bonds. The van der Waals surface area contributed by atoms with E-state index in [1.54, 1.807) is 0 Å². The summed E-state index contributed by atoms with van der Waals surface area (Å²) < 4.78 is 0. The Balaban J connectivity index is 2.66. The standard InChI is InChI=1S/C12H20O/c1-5-11(13)12(4)7-6-10(8-12)9(2)3/h5,9-10H,1,6-8H2,2-4H3/t10-,12+/m0/s1. The van der Waals surface area contributed by atoms with Crippen LogP contribution in [0.2, 0.25) is 0 Å². The molecule has 1 nitrogen and oxygen atoms in total. The minimum atomic E-state index is -0.101. The van der Waals surface area contributed by atoms with Crippen LogP contribution in [0.4, 0.5) is 0 Å². The lowest BCUT2D eigenvalue weighted by Gasteiger charge is -2.21. The number of carbonyl (C=O) groups is 1. The van der Waals surface area contributed by atoms with Gasteiger partial charge in [0.05, 0.1) is 0 Å². The van der Waals surface area contributed by atoms with E-state index in [0.717, 1.165) is 18.8 Å². The van der Waals surface area contributed by atoms with Crippen molar-refractivity contribution in [1.29, 1.82) is 0 Å². The normalized spacial score (nSPS) is 33.7. The Morgan fingerprint density at radius 1 is 1.62 bits per heavy atom. The van der Waals surface area contributed by atoms with Gasteiger partial charge in [-0.25, -0.2) is 0 Å². The molecule has 1 rings (SSSR count). The molecule has 0 aromatic carbocycles. The second-order valence-corrected chi connectivity index (χ2v) is 4.88. The Morgan fingerprint density at radius 3 is 2.62 bits per heavy atom. The van der Waals surface area contributed by atoms with Crippen molar-refractivity contribution in [2.45, 2.75) is 40.0 Å². The van der Waals surface area contributed by atoms with Crippen molar-refractivity contribution in [2.24, 2.45) is 17.3 Å². The summed E-state index contributed by atoms with van der Waals surface area (Å²) in [6.45, 7) is 10.1. The van der Waals surface area contributed by atoms with Gasteiger partial charge >= 0.3 is 0 Å². The van der Waals surface area contributed by atoms with Crippen LogP contribution in [0.3, 0.4) is 0 Å². The molecule has 0 N–H and O–H groups in total. The van der Waals surface area contributed by atoms with Crippen LogP contribution in [0.15, 0.2) is 12.7 Å². The van der Waals surface area contributed by atoms with Crippen LogP contribution in [0.5, 0.6) is 0 Å². The van der Waals surface area contributed by atoms with Crippen molar-refractivity contribution in [3.05, 3.63) is 12.7 Å². The Bertz CT molecular complexity index is 217. The van der Waals surface area contributed by atoms with E-state index in [2.05, 4.69) is 27.4 Å². The molecule has 0 unspecified atom stereocenters. The predicted molar refractivity (Wildman–Crippen MR) is 55.5 cm³/mol. The Labute approximate surface area is 81.2 Å². The van der Waals surface area contributed by atoms with Crippen molar-refractivity contribution in [3.8, 4) is 0 Å². The molecule has 13 heavy (non-hydrogen) atoms. The number of hydrogen-bond donors (Lipinski definition) is 0. The van der Waals surface area contributed by atoms with E-state index >= 15 is 0 Å². The van der Waals surface area contributed by atoms with Gasteiger partial charge in [-0.3, -0.25) is 4.79 Å². The first-order valence-electron chi connectivity index (χ1n) is 5.16. The van der Waals surface area contributed by atoms with Gasteiger partial charge in [0.2, 0.25) is 0 Å². The summed E-state index contributed by atoms with van der Waals surface area (Å²) in [6.07, 6.45) is 4.78. The summed E-state index contributed by atoms with van der Waals surface area (Å²) in [5.41, 5.74) is -0.101. The lowest BCUT2D eigenvalue weighted by molar-refractivity contribution is -0.122. The molecule has 0 saturated heterocycles. The topological polar surface area (TPSA) is 17.1 Å². The number of ketones is 1. The average molecular weight is 180 g/mol. The third-order valence-electron chi connectivity index (χ3n) is 3.50. The highest BCUT2D eigenvalue weighted by molar-refractivity contribution is 5.94. The van der Waals surface area contributed by atoms with E-state index in [4.69, 9.17) is 0 Å². The number of rotatable bonds is 3. The summed E-state index contributed by atoms with van der Waals surface area (Å²) in [6, 6.07) is 0. The second kappa shape index (κ2) is 3.65. The quantitative estimate of drug-likeness (QED) is 0.609. The molecule has 1 aliphatic carbocycles. The molecular formula is C12H20O. The highest BCUT2D eigenvalue weighted by Crippen LogP contribution is 2.45. The van der Waals surface area contributed by atoms with E-state index < -0.39 is 0 Å². The van der Waals surface area contributed by atoms with Crippen LogP contribution >= 0.6 is 0 Å². The van der Waals surface area contributed by atoms with Crippen LogP contribution in [-0.2, 0) is 4.79 Å². The molecule has 0 bridgehead atoms. The van der Waals surface area contributed by atoms with Crippen molar-refractivity contribution in [3.63, 3.8) is 0 Å². The third kappa shape index (κ3) is 2.01. The molecule has 1 heteroatoms. The Hall–Kier alpha value is -0.590. The van der Waals surface area contributed by atoms with E-state index in [-0.39, 0.29) is 11.2 Å². The number of carbonyl (C=O) groups excluding carboxylic acids is 1. The molecule has 1 fully saturated rings. The predicted octanol–water partition coefficient (Wildman–Crippen LogP) is 3.20. The summed E-state index contributed by atoms with van der Waals surface area (Å²) >= 11 is 0. The van der Waals surface area contributed by atoms with Gasteiger partial charge in [0.1, 0.15) is 0 Å². The minimum absolute atomic E-state index is 0.101. The van der Waals surface area contributed by atoms with E-state index in [1.807, 2.05) is 0 Å². The van der Waals surface area contributed by atoms with Crippen LogP contribution in [0.25, 0.3) is 0 Å². The maximum Gasteiger partial charge on any atom is 0.160 e. The molecule has 0 aromatic heterocycles. The van der Waals surface area contributed by atoms with Crippen molar-refractivity contribution in [1.82, 2.24) is 0 Å². The maximum absolute atomic E-state index is 11.6. The monoisotopic (exact) mass is 180 g/mol. The molecule has 1 aliphatic rings. The molecule has 0 spiro atoms. The molecule has 0 radical (unpaired) electrons. The van der Waals surface area contributed by atoms with Gasteiger partial charge in [0, 0.05) is 5.41 Å². The van der Waals surface area contributed by atoms with Crippen molar-refractivity contribution < 1.29 is 4.79 Å². The summed E-state index contributed by atoms with van der Waals surface area (Å²) in [5, 5.41) is 0.